The van der Waals surface area contributed by atoms with Crippen LogP contribution in [0.25, 0.3) is 0 Å². The first-order valence-electron chi connectivity index (χ1n) is 5.35. The van der Waals surface area contributed by atoms with Gasteiger partial charge in [0.2, 0.25) is 0 Å². The lowest BCUT2D eigenvalue weighted by Crippen LogP contribution is -2.29. The van der Waals surface area contributed by atoms with Crippen LogP contribution >= 0.6 is 11.3 Å². The van der Waals surface area contributed by atoms with Gasteiger partial charge in [-0.15, -0.1) is 11.3 Å². The number of thiazole rings is 1. The molecule has 78 valence electrons. The monoisotopic (exact) mass is 210 g/mol. The van der Waals surface area contributed by atoms with Crippen LogP contribution in [0.3, 0.4) is 0 Å². The third-order valence-corrected chi connectivity index (χ3v) is 4.23. The van der Waals surface area contributed by atoms with Crippen molar-refractivity contribution in [1.82, 2.24) is 4.98 Å². The standard InChI is InChI=1S/C11H18N2S/c1-9-13-7-10(14-9)6-11(8-12)4-2-3-5-11/h7H,2-6,8,12H2,1H3. The highest BCUT2D eigenvalue weighted by molar-refractivity contribution is 7.11. The zero-order valence-corrected chi connectivity index (χ0v) is 9.57. The molecule has 14 heavy (non-hydrogen) atoms. The highest BCUT2D eigenvalue weighted by Gasteiger charge is 2.32. The average Bonchev–Trinajstić information content (AvgIpc) is 2.77. The molecule has 0 unspecified atom stereocenters. The molecule has 1 saturated carbocycles. The molecule has 0 amide bonds. The molecule has 0 aromatic carbocycles. The molecule has 1 aliphatic carbocycles. The normalized spacial score (nSPS) is 20.1. The molecule has 3 heteroatoms. The minimum absolute atomic E-state index is 0.402. The Morgan fingerprint density at radius 3 is 2.71 bits per heavy atom. The fourth-order valence-electron chi connectivity index (χ4n) is 2.43. The molecule has 1 aliphatic rings. The Labute approximate surface area is 89.5 Å². The summed E-state index contributed by atoms with van der Waals surface area (Å²) in [7, 11) is 0. The van der Waals surface area contributed by atoms with Gasteiger partial charge in [-0.1, -0.05) is 12.8 Å². The summed E-state index contributed by atoms with van der Waals surface area (Å²) in [6.07, 6.45) is 8.50. The van der Waals surface area contributed by atoms with E-state index in [1.807, 2.05) is 17.5 Å². The lowest BCUT2D eigenvalue weighted by Gasteiger charge is -2.26. The maximum absolute atomic E-state index is 5.91. The third kappa shape index (κ3) is 1.98. The summed E-state index contributed by atoms with van der Waals surface area (Å²) in [5.41, 5.74) is 6.31. The molecule has 1 heterocycles. The zero-order chi connectivity index (χ0) is 10.0. The number of aryl methyl sites for hydroxylation is 1. The fraction of sp³-hybridized carbons (Fsp3) is 0.727. The Kier molecular flexibility index (Phi) is 2.88. The lowest BCUT2D eigenvalue weighted by atomic mass is 9.82. The Morgan fingerprint density at radius 2 is 2.21 bits per heavy atom. The van der Waals surface area contributed by atoms with Crippen LogP contribution in [0.4, 0.5) is 0 Å². The van der Waals surface area contributed by atoms with Crippen molar-refractivity contribution in [2.75, 3.05) is 6.54 Å². The van der Waals surface area contributed by atoms with Gasteiger partial charge in [-0.2, -0.15) is 0 Å². The predicted octanol–water partition coefficient (Wildman–Crippen LogP) is 2.51. The van der Waals surface area contributed by atoms with E-state index in [2.05, 4.69) is 11.9 Å². The first-order valence-corrected chi connectivity index (χ1v) is 6.17. The minimum Gasteiger partial charge on any atom is -0.330 e. The summed E-state index contributed by atoms with van der Waals surface area (Å²) in [5, 5.41) is 1.17. The molecule has 1 aromatic heterocycles. The van der Waals surface area contributed by atoms with Crippen LogP contribution in [0.1, 0.15) is 35.6 Å². The van der Waals surface area contributed by atoms with Crippen LogP contribution < -0.4 is 5.73 Å². The molecule has 0 saturated heterocycles. The summed E-state index contributed by atoms with van der Waals surface area (Å²) in [4.78, 5) is 5.71. The molecule has 1 fully saturated rings. The van der Waals surface area contributed by atoms with E-state index in [0.29, 0.717) is 5.41 Å². The van der Waals surface area contributed by atoms with Crippen LogP contribution in [0.2, 0.25) is 0 Å². The first kappa shape index (κ1) is 10.1. The molecule has 1 aromatic rings. The molecular formula is C11H18N2S. The molecule has 0 atom stereocenters. The van der Waals surface area contributed by atoms with E-state index < -0.39 is 0 Å². The van der Waals surface area contributed by atoms with Crippen molar-refractivity contribution in [2.45, 2.75) is 39.0 Å². The van der Waals surface area contributed by atoms with Gasteiger partial charge in [0.1, 0.15) is 0 Å². The van der Waals surface area contributed by atoms with Crippen molar-refractivity contribution >= 4 is 11.3 Å². The Bertz CT molecular complexity index is 300. The second-order valence-corrected chi connectivity index (χ2v) is 5.75. The van der Waals surface area contributed by atoms with E-state index >= 15 is 0 Å². The number of hydrogen-bond donors (Lipinski definition) is 1. The average molecular weight is 210 g/mol. The van der Waals surface area contributed by atoms with E-state index in [4.69, 9.17) is 5.73 Å². The Balaban J connectivity index is 2.08. The highest BCUT2D eigenvalue weighted by Crippen LogP contribution is 2.40. The van der Waals surface area contributed by atoms with Crippen LogP contribution in [-0.4, -0.2) is 11.5 Å². The van der Waals surface area contributed by atoms with Crippen molar-refractivity contribution < 1.29 is 0 Å². The van der Waals surface area contributed by atoms with Gasteiger partial charge in [-0.25, -0.2) is 4.98 Å². The zero-order valence-electron chi connectivity index (χ0n) is 8.75. The lowest BCUT2D eigenvalue weighted by molar-refractivity contribution is 0.309. The van der Waals surface area contributed by atoms with Gasteiger partial charge in [0.25, 0.3) is 0 Å². The maximum atomic E-state index is 5.91. The van der Waals surface area contributed by atoms with E-state index in [9.17, 15) is 0 Å². The summed E-state index contributed by atoms with van der Waals surface area (Å²) in [6.45, 7) is 2.90. The molecule has 0 spiro atoms. The summed E-state index contributed by atoms with van der Waals surface area (Å²) >= 11 is 1.82. The molecule has 2 nitrogen and oxygen atoms in total. The van der Waals surface area contributed by atoms with Gasteiger partial charge in [-0.3, -0.25) is 0 Å². The third-order valence-electron chi connectivity index (χ3n) is 3.32. The van der Waals surface area contributed by atoms with Crippen molar-refractivity contribution in [2.24, 2.45) is 11.1 Å². The SMILES string of the molecule is Cc1ncc(CC2(CN)CCCC2)s1. The molecule has 0 aliphatic heterocycles. The number of nitrogens with two attached hydrogens (primary N) is 1. The number of rotatable bonds is 3. The van der Waals surface area contributed by atoms with Crippen LogP contribution in [0.5, 0.6) is 0 Å². The molecule has 2 N–H and O–H groups in total. The summed E-state index contributed by atoms with van der Waals surface area (Å²) in [5.74, 6) is 0. The molecule has 0 bridgehead atoms. The first-order chi connectivity index (χ1) is 6.74. The summed E-state index contributed by atoms with van der Waals surface area (Å²) < 4.78 is 0. The fourth-order valence-corrected chi connectivity index (χ4v) is 3.40. The van der Waals surface area contributed by atoms with Gasteiger partial charge >= 0.3 is 0 Å². The van der Waals surface area contributed by atoms with E-state index in [0.717, 1.165) is 13.0 Å². The molecule has 2 rings (SSSR count). The van der Waals surface area contributed by atoms with Gasteiger partial charge < -0.3 is 5.73 Å². The van der Waals surface area contributed by atoms with Crippen LogP contribution in [0.15, 0.2) is 6.20 Å². The number of hydrogen-bond acceptors (Lipinski definition) is 3. The van der Waals surface area contributed by atoms with Gasteiger partial charge in [-0.05, 0) is 38.1 Å². The van der Waals surface area contributed by atoms with E-state index in [1.165, 1.54) is 35.6 Å². The van der Waals surface area contributed by atoms with Crippen molar-refractivity contribution in [3.8, 4) is 0 Å². The predicted molar refractivity (Wildman–Crippen MR) is 60.5 cm³/mol. The highest BCUT2D eigenvalue weighted by atomic mass is 32.1. The van der Waals surface area contributed by atoms with Crippen LogP contribution in [0, 0.1) is 12.3 Å². The Hall–Kier alpha value is -0.410. The van der Waals surface area contributed by atoms with Gasteiger partial charge in [0.15, 0.2) is 0 Å². The van der Waals surface area contributed by atoms with Gasteiger partial charge in [0, 0.05) is 11.1 Å². The van der Waals surface area contributed by atoms with Crippen molar-refractivity contribution in [3.63, 3.8) is 0 Å². The summed E-state index contributed by atoms with van der Waals surface area (Å²) in [6, 6.07) is 0. The van der Waals surface area contributed by atoms with E-state index in [-0.39, 0.29) is 0 Å². The Morgan fingerprint density at radius 1 is 1.50 bits per heavy atom. The smallest absolute Gasteiger partial charge is 0.0896 e. The van der Waals surface area contributed by atoms with Crippen molar-refractivity contribution in [1.29, 1.82) is 0 Å². The van der Waals surface area contributed by atoms with Crippen molar-refractivity contribution in [3.05, 3.63) is 16.1 Å². The van der Waals surface area contributed by atoms with E-state index in [1.54, 1.807) is 0 Å². The minimum atomic E-state index is 0.402. The topological polar surface area (TPSA) is 38.9 Å². The van der Waals surface area contributed by atoms with Crippen LogP contribution in [-0.2, 0) is 6.42 Å². The van der Waals surface area contributed by atoms with Gasteiger partial charge in [0.05, 0.1) is 5.01 Å². The molecular weight excluding hydrogens is 192 g/mol. The quantitative estimate of drug-likeness (QED) is 0.832. The largest absolute Gasteiger partial charge is 0.330 e. The second kappa shape index (κ2) is 3.99. The maximum Gasteiger partial charge on any atom is 0.0896 e. The molecule has 0 radical (unpaired) electrons. The second-order valence-electron chi connectivity index (χ2n) is 4.43. The number of nitrogens with zero attached hydrogens (tertiary/aromatic N) is 1. The number of aromatic nitrogens is 1.